The molecule has 0 radical (unpaired) electrons. The fraction of sp³-hybridized carbons (Fsp3) is 1.00. The summed E-state index contributed by atoms with van der Waals surface area (Å²) in [4.78, 5) is 0. The fourth-order valence-electron chi connectivity index (χ4n) is 2.06. The van der Waals surface area contributed by atoms with Gasteiger partial charge in [0.05, 0.1) is 0 Å². The zero-order valence-electron chi connectivity index (χ0n) is 11.4. The van der Waals surface area contributed by atoms with Gasteiger partial charge in [-0.15, -0.1) is 0 Å². The van der Waals surface area contributed by atoms with Crippen molar-refractivity contribution in [3.05, 3.63) is 0 Å². The van der Waals surface area contributed by atoms with Crippen molar-refractivity contribution < 1.29 is 0 Å². The van der Waals surface area contributed by atoms with Crippen LogP contribution in [0.15, 0.2) is 0 Å². The van der Waals surface area contributed by atoms with Crippen LogP contribution in [0.3, 0.4) is 0 Å². The van der Waals surface area contributed by atoms with E-state index >= 15 is 0 Å². The standard InChI is InChI=1S/C15H31Br/c1-3-4-5-6-7-8-9-10-11-12-13-15(2)14-16/h15H,3-14H2,1-2H3/t15-/m0/s1. The number of rotatable bonds is 12. The first kappa shape index (κ1) is 16.5. The van der Waals surface area contributed by atoms with Crippen molar-refractivity contribution in [1.82, 2.24) is 0 Å². The van der Waals surface area contributed by atoms with Crippen LogP contribution < -0.4 is 0 Å². The van der Waals surface area contributed by atoms with E-state index in [-0.39, 0.29) is 0 Å². The SMILES string of the molecule is CCCCCCCCCCCC[C@H](C)CBr. The largest absolute Gasteiger partial charge is 0.0925 e. The molecule has 0 aromatic carbocycles. The lowest BCUT2D eigenvalue weighted by Gasteiger charge is -2.06. The Labute approximate surface area is 112 Å². The molecule has 0 saturated heterocycles. The van der Waals surface area contributed by atoms with Gasteiger partial charge in [-0.3, -0.25) is 0 Å². The van der Waals surface area contributed by atoms with Crippen molar-refractivity contribution in [1.29, 1.82) is 0 Å². The van der Waals surface area contributed by atoms with Gasteiger partial charge in [0.25, 0.3) is 0 Å². The summed E-state index contributed by atoms with van der Waals surface area (Å²) in [5, 5.41) is 1.17. The van der Waals surface area contributed by atoms with Crippen LogP contribution in [0.1, 0.15) is 84.5 Å². The lowest BCUT2D eigenvalue weighted by Crippen LogP contribution is -1.94. The van der Waals surface area contributed by atoms with Gasteiger partial charge in [-0.05, 0) is 12.3 Å². The van der Waals surface area contributed by atoms with Crippen molar-refractivity contribution in [2.24, 2.45) is 5.92 Å². The van der Waals surface area contributed by atoms with E-state index in [0.717, 1.165) is 5.92 Å². The highest BCUT2D eigenvalue weighted by molar-refractivity contribution is 9.09. The Kier molecular flexibility index (Phi) is 14.0. The van der Waals surface area contributed by atoms with Crippen molar-refractivity contribution >= 4 is 15.9 Å². The average Bonchev–Trinajstić information content (AvgIpc) is 2.31. The van der Waals surface area contributed by atoms with E-state index < -0.39 is 0 Å². The molecular formula is C15H31Br. The Morgan fingerprint density at radius 3 is 1.62 bits per heavy atom. The minimum absolute atomic E-state index is 0.869. The maximum absolute atomic E-state index is 3.54. The summed E-state index contributed by atoms with van der Waals surface area (Å²) in [6.45, 7) is 4.62. The Hall–Kier alpha value is 0.480. The first-order valence-electron chi connectivity index (χ1n) is 7.37. The van der Waals surface area contributed by atoms with E-state index in [1.807, 2.05) is 0 Å². The molecule has 0 amide bonds. The van der Waals surface area contributed by atoms with E-state index in [2.05, 4.69) is 29.8 Å². The minimum Gasteiger partial charge on any atom is -0.0925 e. The van der Waals surface area contributed by atoms with Crippen molar-refractivity contribution in [3.8, 4) is 0 Å². The summed E-state index contributed by atoms with van der Waals surface area (Å²) < 4.78 is 0. The molecule has 0 aliphatic carbocycles. The Bertz CT molecular complexity index is 123. The lowest BCUT2D eigenvalue weighted by atomic mass is 10.0. The number of hydrogen-bond acceptors (Lipinski definition) is 0. The number of halogens is 1. The van der Waals surface area contributed by atoms with E-state index in [9.17, 15) is 0 Å². The summed E-state index contributed by atoms with van der Waals surface area (Å²) in [6, 6.07) is 0. The van der Waals surface area contributed by atoms with Crippen LogP contribution in [-0.2, 0) is 0 Å². The molecule has 1 heteroatoms. The fourth-order valence-corrected chi connectivity index (χ4v) is 2.38. The summed E-state index contributed by atoms with van der Waals surface area (Å²) >= 11 is 3.54. The molecule has 0 spiro atoms. The second kappa shape index (κ2) is 13.5. The van der Waals surface area contributed by atoms with Crippen molar-refractivity contribution in [2.75, 3.05) is 5.33 Å². The van der Waals surface area contributed by atoms with Crippen LogP contribution in [0.5, 0.6) is 0 Å². The predicted octanol–water partition coefficient (Wildman–Crippen LogP) is 6.33. The second-order valence-corrected chi connectivity index (χ2v) is 5.88. The molecule has 0 aliphatic rings. The van der Waals surface area contributed by atoms with Gasteiger partial charge in [-0.25, -0.2) is 0 Å². The molecule has 16 heavy (non-hydrogen) atoms. The first-order valence-corrected chi connectivity index (χ1v) is 8.49. The van der Waals surface area contributed by atoms with Crippen molar-refractivity contribution in [2.45, 2.75) is 84.5 Å². The molecule has 0 aromatic rings. The number of alkyl halides is 1. The van der Waals surface area contributed by atoms with Gasteiger partial charge in [-0.1, -0.05) is 94.0 Å². The highest BCUT2D eigenvalue weighted by atomic mass is 79.9. The molecule has 0 bridgehead atoms. The smallest absolute Gasteiger partial charge is 0.00570 e. The Balaban J connectivity index is 2.93. The van der Waals surface area contributed by atoms with Crippen molar-refractivity contribution in [3.63, 3.8) is 0 Å². The quantitative estimate of drug-likeness (QED) is 0.291. The zero-order chi connectivity index (χ0) is 12.1. The maximum Gasteiger partial charge on any atom is 0.00570 e. The summed E-state index contributed by atoms with van der Waals surface area (Å²) in [5.74, 6) is 0.869. The lowest BCUT2D eigenvalue weighted by molar-refractivity contribution is 0.511. The van der Waals surface area contributed by atoms with Gasteiger partial charge in [0, 0.05) is 5.33 Å². The van der Waals surface area contributed by atoms with Gasteiger partial charge in [0.1, 0.15) is 0 Å². The number of unbranched alkanes of at least 4 members (excludes halogenated alkanes) is 9. The molecule has 0 nitrogen and oxygen atoms in total. The highest BCUT2D eigenvalue weighted by Crippen LogP contribution is 2.14. The van der Waals surface area contributed by atoms with E-state index in [1.54, 1.807) is 0 Å². The van der Waals surface area contributed by atoms with Gasteiger partial charge in [0.2, 0.25) is 0 Å². The first-order chi connectivity index (χ1) is 7.81. The molecule has 0 rings (SSSR count). The third-order valence-electron chi connectivity index (χ3n) is 3.31. The molecule has 0 N–H and O–H groups in total. The van der Waals surface area contributed by atoms with Crippen LogP contribution in [-0.4, -0.2) is 5.33 Å². The van der Waals surface area contributed by atoms with Gasteiger partial charge in [-0.2, -0.15) is 0 Å². The Morgan fingerprint density at radius 1 is 0.750 bits per heavy atom. The van der Waals surface area contributed by atoms with Crippen LogP contribution in [0, 0.1) is 5.92 Å². The molecule has 0 saturated carbocycles. The molecule has 0 aromatic heterocycles. The molecule has 0 fully saturated rings. The second-order valence-electron chi connectivity index (χ2n) is 5.23. The van der Waals surface area contributed by atoms with E-state index in [4.69, 9.17) is 0 Å². The van der Waals surface area contributed by atoms with Crippen LogP contribution >= 0.6 is 15.9 Å². The number of hydrogen-bond donors (Lipinski definition) is 0. The predicted molar refractivity (Wildman–Crippen MR) is 79.4 cm³/mol. The Morgan fingerprint density at radius 2 is 1.19 bits per heavy atom. The monoisotopic (exact) mass is 290 g/mol. The molecule has 98 valence electrons. The third kappa shape index (κ3) is 12.5. The van der Waals surface area contributed by atoms with Crippen LogP contribution in [0.25, 0.3) is 0 Å². The van der Waals surface area contributed by atoms with E-state index in [1.165, 1.54) is 76.0 Å². The molecule has 0 unspecified atom stereocenters. The molecule has 0 heterocycles. The summed E-state index contributed by atoms with van der Waals surface area (Å²) in [6.07, 6.45) is 15.9. The molecule has 1 atom stereocenters. The van der Waals surface area contributed by atoms with Crippen LogP contribution in [0.4, 0.5) is 0 Å². The normalized spacial score (nSPS) is 12.9. The summed E-state index contributed by atoms with van der Waals surface area (Å²) in [7, 11) is 0. The topological polar surface area (TPSA) is 0 Å². The van der Waals surface area contributed by atoms with Gasteiger partial charge >= 0.3 is 0 Å². The van der Waals surface area contributed by atoms with Gasteiger partial charge < -0.3 is 0 Å². The highest BCUT2D eigenvalue weighted by Gasteiger charge is 1.98. The molecular weight excluding hydrogens is 260 g/mol. The third-order valence-corrected chi connectivity index (χ3v) is 4.42. The van der Waals surface area contributed by atoms with Crippen LogP contribution in [0.2, 0.25) is 0 Å². The minimum atomic E-state index is 0.869. The van der Waals surface area contributed by atoms with E-state index in [0.29, 0.717) is 0 Å². The average molecular weight is 291 g/mol. The maximum atomic E-state index is 3.54. The molecule has 0 aliphatic heterocycles. The van der Waals surface area contributed by atoms with Gasteiger partial charge in [0.15, 0.2) is 0 Å². The zero-order valence-corrected chi connectivity index (χ0v) is 13.0. The summed E-state index contributed by atoms with van der Waals surface area (Å²) in [5.41, 5.74) is 0.